The van der Waals surface area contributed by atoms with Gasteiger partial charge < -0.3 is 10.2 Å². The van der Waals surface area contributed by atoms with Crippen molar-refractivity contribution in [2.24, 2.45) is 0 Å². The van der Waals surface area contributed by atoms with Crippen LogP contribution in [0.5, 0.6) is 0 Å². The van der Waals surface area contributed by atoms with Crippen molar-refractivity contribution in [2.45, 2.75) is 26.3 Å². The molecule has 1 unspecified atom stereocenters. The van der Waals surface area contributed by atoms with E-state index in [2.05, 4.69) is 73.6 Å². The summed E-state index contributed by atoms with van der Waals surface area (Å²) in [7, 11) is 2.19. The van der Waals surface area contributed by atoms with Gasteiger partial charge in [0, 0.05) is 12.6 Å². The predicted molar refractivity (Wildman–Crippen MR) is 88.2 cm³/mol. The van der Waals surface area contributed by atoms with Gasteiger partial charge in [0.05, 0.1) is 0 Å². The molecule has 0 amide bonds. The molecule has 2 nitrogen and oxygen atoms in total. The Hall–Kier alpha value is -1.38. The molecular weight excluding hydrogens is 244 g/mol. The molecule has 20 heavy (non-hydrogen) atoms. The van der Waals surface area contributed by atoms with Gasteiger partial charge in [0.1, 0.15) is 0 Å². The zero-order valence-corrected chi connectivity index (χ0v) is 12.9. The summed E-state index contributed by atoms with van der Waals surface area (Å²) in [5.41, 5.74) is 1.41. The highest BCUT2D eigenvalue weighted by molar-refractivity contribution is 5.86. The van der Waals surface area contributed by atoms with Crippen LogP contribution in [-0.4, -0.2) is 31.6 Å². The summed E-state index contributed by atoms with van der Waals surface area (Å²) in [5.74, 6) is 0. The van der Waals surface area contributed by atoms with E-state index in [1.807, 2.05) is 0 Å². The third-order valence-electron chi connectivity index (χ3n) is 3.87. The van der Waals surface area contributed by atoms with Crippen molar-refractivity contribution in [1.29, 1.82) is 0 Å². The molecule has 2 heteroatoms. The van der Waals surface area contributed by atoms with E-state index in [9.17, 15) is 0 Å². The molecule has 0 radical (unpaired) electrons. The van der Waals surface area contributed by atoms with E-state index in [1.54, 1.807) is 0 Å². The fourth-order valence-electron chi connectivity index (χ4n) is 2.59. The van der Waals surface area contributed by atoms with Gasteiger partial charge in [0.25, 0.3) is 0 Å². The van der Waals surface area contributed by atoms with Crippen LogP contribution >= 0.6 is 0 Å². The van der Waals surface area contributed by atoms with Crippen molar-refractivity contribution in [3.63, 3.8) is 0 Å². The minimum absolute atomic E-state index is 0.394. The second-order valence-electron chi connectivity index (χ2n) is 5.43. The molecule has 1 N–H and O–H groups in total. The van der Waals surface area contributed by atoms with Crippen molar-refractivity contribution in [3.8, 4) is 0 Å². The highest BCUT2D eigenvalue weighted by Crippen LogP contribution is 2.24. The molecule has 1 atom stereocenters. The number of hydrogen-bond donors (Lipinski definition) is 1. The van der Waals surface area contributed by atoms with Crippen molar-refractivity contribution in [3.05, 3.63) is 48.0 Å². The van der Waals surface area contributed by atoms with Gasteiger partial charge in [-0.2, -0.15) is 0 Å². The first-order chi connectivity index (χ1) is 9.76. The van der Waals surface area contributed by atoms with Gasteiger partial charge >= 0.3 is 0 Å². The lowest BCUT2D eigenvalue weighted by Crippen LogP contribution is -2.33. The largest absolute Gasteiger partial charge is 0.309 e. The summed E-state index contributed by atoms with van der Waals surface area (Å²) in [6, 6.07) is 15.7. The average molecular weight is 270 g/mol. The third kappa shape index (κ3) is 3.59. The zero-order chi connectivity index (χ0) is 14.4. The first-order valence-corrected chi connectivity index (χ1v) is 7.65. The predicted octanol–water partition coefficient (Wildman–Crippen LogP) is 3.83. The van der Waals surface area contributed by atoms with E-state index >= 15 is 0 Å². The number of hydrogen-bond acceptors (Lipinski definition) is 2. The normalized spacial score (nSPS) is 13.0. The number of benzene rings is 2. The van der Waals surface area contributed by atoms with Crippen LogP contribution < -0.4 is 5.32 Å². The summed E-state index contributed by atoms with van der Waals surface area (Å²) < 4.78 is 0. The third-order valence-corrected chi connectivity index (χ3v) is 3.87. The van der Waals surface area contributed by atoms with Crippen LogP contribution in [0.3, 0.4) is 0 Å². The second-order valence-corrected chi connectivity index (χ2v) is 5.43. The standard InChI is InChI=1S/C18H26N2/c1-4-13-19-18(14-20(3)5-2)17-12-8-10-15-9-6-7-11-16(15)17/h6-12,18-19H,4-5,13-14H2,1-3H3. The van der Waals surface area contributed by atoms with Gasteiger partial charge in [-0.05, 0) is 42.9 Å². The quantitative estimate of drug-likeness (QED) is 0.822. The number of fused-ring (bicyclic) bond motifs is 1. The van der Waals surface area contributed by atoms with Crippen LogP contribution in [0.25, 0.3) is 10.8 Å². The van der Waals surface area contributed by atoms with Crippen LogP contribution in [0, 0.1) is 0 Å². The molecule has 0 saturated heterocycles. The van der Waals surface area contributed by atoms with Crippen molar-refractivity contribution >= 4 is 10.8 Å². The summed E-state index contributed by atoms with van der Waals surface area (Å²) >= 11 is 0. The summed E-state index contributed by atoms with van der Waals surface area (Å²) in [5, 5.41) is 6.40. The first-order valence-electron chi connectivity index (χ1n) is 7.65. The fraction of sp³-hybridized carbons (Fsp3) is 0.444. The van der Waals surface area contributed by atoms with E-state index in [0.717, 1.165) is 26.1 Å². The molecule has 2 rings (SSSR count). The molecule has 0 spiro atoms. The Morgan fingerprint density at radius 1 is 1.05 bits per heavy atom. The highest BCUT2D eigenvalue weighted by Gasteiger charge is 2.14. The lowest BCUT2D eigenvalue weighted by molar-refractivity contribution is 0.304. The van der Waals surface area contributed by atoms with E-state index in [0.29, 0.717) is 6.04 Å². The highest BCUT2D eigenvalue weighted by atomic mass is 15.1. The van der Waals surface area contributed by atoms with E-state index < -0.39 is 0 Å². The van der Waals surface area contributed by atoms with Crippen LogP contribution in [-0.2, 0) is 0 Å². The maximum absolute atomic E-state index is 3.70. The Labute approximate surface area is 122 Å². The molecule has 0 bridgehead atoms. The van der Waals surface area contributed by atoms with Crippen LogP contribution in [0.1, 0.15) is 31.9 Å². The lowest BCUT2D eigenvalue weighted by atomic mass is 9.98. The smallest absolute Gasteiger partial charge is 0.0455 e. The van der Waals surface area contributed by atoms with E-state index in [4.69, 9.17) is 0 Å². The molecule has 2 aromatic carbocycles. The molecule has 108 valence electrons. The second kappa shape index (κ2) is 7.41. The molecular formula is C18H26N2. The molecule has 2 aromatic rings. The van der Waals surface area contributed by atoms with Crippen LogP contribution in [0.15, 0.2) is 42.5 Å². The fourth-order valence-corrected chi connectivity index (χ4v) is 2.59. The van der Waals surface area contributed by atoms with Gasteiger partial charge in [0.15, 0.2) is 0 Å². The first kappa shape index (κ1) is 15.0. The minimum atomic E-state index is 0.394. The van der Waals surface area contributed by atoms with Gasteiger partial charge in [-0.25, -0.2) is 0 Å². The summed E-state index contributed by atoms with van der Waals surface area (Å²) in [6.45, 7) is 7.61. The summed E-state index contributed by atoms with van der Waals surface area (Å²) in [6.07, 6.45) is 1.16. The maximum atomic E-state index is 3.70. The van der Waals surface area contributed by atoms with Gasteiger partial charge in [0.2, 0.25) is 0 Å². The summed E-state index contributed by atoms with van der Waals surface area (Å²) in [4.78, 5) is 2.37. The maximum Gasteiger partial charge on any atom is 0.0455 e. The van der Waals surface area contributed by atoms with E-state index in [-0.39, 0.29) is 0 Å². The zero-order valence-electron chi connectivity index (χ0n) is 12.9. The Morgan fingerprint density at radius 2 is 1.80 bits per heavy atom. The number of nitrogens with zero attached hydrogens (tertiary/aromatic N) is 1. The average Bonchev–Trinajstić information content (AvgIpc) is 2.50. The van der Waals surface area contributed by atoms with Gasteiger partial charge in [-0.1, -0.05) is 56.3 Å². The Balaban J connectivity index is 2.34. The number of likely N-dealkylation sites (N-methyl/N-ethyl adjacent to an activating group) is 1. The Morgan fingerprint density at radius 3 is 2.55 bits per heavy atom. The molecule has 0 aliphatic rings. The molecule has 0 heterocycles. The van der Waals surface area contributed by atoms with Crippen molar-refractivity contribution < 1.29 is 0 Å². The minimum Gasteiger partial charge on any atom is -0.309 e. The van der Waals surface area contributed by atoms with Crippen LogP contribution in [0.2, 0.25) is 0 Å². The molecule has 0 saturated carbocycles. The molecule has 0 aliphatic heterocycles. The number of rotatable bonds is 7. The lowest BCUT2D eigenvalue weighted by Gasteiger charge is -2.25. The SMILES string of the molecule is CCCNC(CN(C)CC)c1cccc2ccccc12. The topological polar surface area (TPSA) is 15.3 Å². The Bertz CT molecular complexity index is 530. The van der Waals surface area contributed by atoms with Gasteiger partial charge in [-0.3, -0.25) is 0 Å². The van der Waals surface area contributed by atoms with Crippen molar-refractivity contribution in [2.75, 3.05) is 26.7 Å². The van der Waals surface area contributed by atoms with Gasteiger partial charge in [-0.15, -0.1) is 0 Å². The molecule has 0 fully saturated rings. The van der Waals surface area contributed by atoms with Crippen LogP contribution in [0.4, 0.5) is 0 Å². The number of nitrogens with one attached hydrogen (secondary N) is 1. The Kier molecular flexibility index (Phi) is 5.57. The molecule has 0 aromatic heterocycles. The molecule has 0 aliphatic carbocycles. The van der Waals surface area contributed by atoms with Crippen molar-refractivity contribution in [1.82, 2.24) is 10.2 Å². The monoisotopic (exact) mass is 270 g/mol. The van der Waals surface area contributed by atoms with E-state index in [1.165, 1.54) is 16.3 Å².